The average molecular weight is 674 g/mol. The highest BCUT2D eigenvalue weighted by Crippen LogP contribution is 2.33. The number of aliphatic hydroxyl groups excluding tert-OH is 1. The standard InChI is InChI=1S/C33H36ClN9O5/c1-3-4-5-28(32(46)42-18-26(44)19-42)39-29-16-24(38-33(47)48-2)8-9-27(29)21-12-13-35-25(15-21)17-36-31(45)11-6-22-14-23(34)7-10-30(22)43-20-37-40-41-43/h6-16,20,26,28,39,44H,3-5,17-19H2,1-2H3,(H,36,45)(H,38,47)/b11-6+/t28-/m1/s1. The summed E-state index contributed by atoms with van der Waals surface area (Å²) < 4.78 is 6.23. The van der Waals surface area contributed by atoms with E-state index in [1.165, 1.54) is 24.2 Å². The van der Waals surface area contributed by atoms with E-state index in [1.54, 1.807) is 47.5 Å². The van der Waals surface area contributed by atoms with Crippen molar-refractivity contribution in [2.24, 2.45) is 0 Å². The number of hydrogen-bond acceptors (Lipinski definition) is 10. The fourth-order valence-electron chi connectivity index (χ4n) is 5.15. The minimum Gasteiger partial charge on any atom is -0.453 e. The number of aromatic nitrogens is 5. The van der Waals surface area contributed by atoms with Crippen molar-refractivity contribution in [1.82, 2.24) is 35.4 Å². The van der Waals surface area contributed by atoms with Crippen LogP contribution < -0.4 is 16.0 Å². The summed E-state index contributed by atoms with van der Waals surface area (Å²) in [5, 5.41) is 30.4. The Hall–Kier alpha value is -5.34. The van der Waals surface area contributed by atoms with Gasteiger partial charge in [-0.05, 0) is 71.0 Å². The van der Waals surface area contributed by atoms with E-state index >= 15 is 0 Å². The number of unbranched alkanes of at least 4 members (excludes halogenated alkanes) is 1. The Kier molecular flexibility index (Phi) is 11.3. The Morgan fingerprint density at radius 2 is 1.98 bits per heavy atom. The maximum atomic E-state index is 13.4. The van der Waals surface area contributed by atoms with Crippen LogP contribution in [0.3, 0.4) is 0 Å². The number of halogens is 1. The molecule has 3 heterocycles. The zero-order chi connectivity index (χ0) is 34.0. The van der Waals surface area contributed by atoms with Crippen LogP contribution in [-0.4, -0.2) is 85.5 Å². The summed E-state index contributed by atoms with van der Waals surface area (Å²) in [6.45, 7) is 2.80. The zero-order valence-corrected chi connectivity index (χ0v) is 27.2. The van der Waals surface area contributed by atoms with Crippen LogP contribution in [0.1, 0.15) is 37.4 Å². The fourth-order valence-corrected chi connectivity index (χ4v) is 5.34. The van der Waals surface area contributed by atoms with Gasteiger partial charge >= 0.3 is 6.09 Å². The van der Waals surface area contributed by atoms with Crippen LogP contribution in [0.25, 0.3) is 22.9 Å². The second-order valence-corrected chi connectivity index (χ2v) is 11.6. The van der Waals surface area contributed by atoms with Crippen molar-refractivity contribution in [1.29, 1.82) is 0 Å². The highest BCUT2D eigenvalue weighted by atomic mass is 35.5. The quantitative estimate of drug-likeness (QED) is 0.151. The molecular formula is C33H36ClN9O5. The molecule has 1 aliphatic heterocycles. The lowest BCUT2D eigenvalue weighted by atomic mass is 10.0. The molecule has 1 atom stereocenters. The maximum Gasteiger partial charge on any atom is 0.411 e. The molecule has 15 heteroatoms. The van der Waals surface area contributed by atoms with Gasteiger partial charge in [0.2, 0.25) is 11.8 Å². The minimum atomic E-state index is -0.625. The second-order valence-electron chi connectivity index (χ2n) is 11.2. The van der Waals surface area contributed by atoms with Gasteiger partial charge in [0, 0.05) is 52.9 Å². The molecule has 1 fully saturated rings. The average Bonchev–Trinajstić information content (AvgIpc) is 3.61. The first-order chi connectivity index (χ1) is 23.2. The molecule has 4 aromatic rings. The molecule has 1 aliphatic rings. The summed E-state index contributed by atoms with van der Waals surface area (Å²) in [6, 6.07) is 13.6. The topological polar surface area (TPSA) is 176 Å². The molecule has 0 spiro atoms. The van der Waals surface area contributed by atoms with Crippen LogP contribution in [0.5, 0.6) is 0 Å². The Labute approximate surface area is 282 Å². The molecule has 2 aromatic carbocycles. The van der Waals surface area contributed by atoms with Crippen molar-refractivity contribution in [3.05, 3.63) is 83.4 Å². The van der Waals surface area contributed by atoms with Crippen molar-refractivity contribution < 1.29 is 24.2 Å². The molecule has 48 heavy (non-hydrogen) atoms. The van der Waals surface area contributed by atoms with E-state index in [2.05, 4.69) is 43.4 Å². The number of β-amino-alcohol motifs (C(OH)–C–C–N with tert-alkyl or cyclic N) is 1. The van der Waals surface area contributed by atoms with E-state index in [1.807, 2.05) is 18.2 Å². The highest BCUT2D eigenvalue weighted by molar-refractivity contribution is 6.30. The van der Waals surface area contributed by atoms with Crippen LogP contribution in [0.4, 0.5) is 16.2 Å². The third-order valence-corrected chi connectivity index (χ3v) is 7.91. The van der Waals surface area contributed by atoms with Crippen LogP contribution >= 0.6 is 11.6 Å². The predicted molar refractivity (Wildman–Crippen MR) is 180 cm³/mol. The van der Waals surface area contributed by atoms with Gasteiger partial charge in [-0.25, -0.2) is 4.79 Å². The van der Waals surface area contributed by atoms with Gasteiger partial charge in [-0.3, -0.25) is 19.9 Å². The molecule has 0 saturated carbocycles. The molecule has 1 saturated heterocycles. The number of methoxy groups -OCH3 is 1. The largest absolute Gasteiger partial charge is 0.453 e. The minimum absolute atomic E-state index is 0.0972. The number of carbonyl (C=O) groups excluding carboxylic acids is 3. The monoisotopic (exact) mass is 673 g/mol. The van der Waals surface area contributed by atoms with Crippen molar-refractivity contribution in [3.8, 4) is 16.8 Å². The lowest BCUT2D eigenvalue weighted by molar-refractivity contribution is -0.142. The van der Waals surface area contributed by atoms with E-state index in [4.69, 9.17) is 16.3 Å². The Bertz CT molecular complexity index is 1780. The molecule has 2 aromatic heterocycles. The molecule has 0 unspecified atom stereocenters. The lowest BCUT2D eigenvalue weighted by Crippen LogP contribution is -2.57. The zero-order valence-electron chi connectivity index (χ0n) is 26.5. The second kappa shape index (κ2) is 16.0. The van der Waals surface area contributed by atoms with Gasteiger partial charge in [0.05, 0.1) is 31.1 Å². The number of ether oxygens (including phenoxy) is 1. The third-order valence-electron chi connectivity index (χ3n) is 7.67. The van der Waals surface area contributed by atoms with Crippen molar-refractivity contribution in [3.63, 3.8) is 0 Å². The number of anilines is 2. The van der Waals surface area contributed by atoms with Gasteiger partial charge in [0.25, 0.3) is 0 Å². The molecule has 4 N–H and O–H groups in total. The van der Waals surface area contributed by atoms with Crippen LogP contribution in [0.2, 0.25) is 5.02 Å². The summed E-state index contributed by atoms with van der Waals surface area (Å²) in [4.78, 5) is 44.2. The third kappa shape index (κ3) is 8.72. The van der Waals surface area contributed by atoms with Crippen LogP contribution in [-0.2, 0) is 20.9 Å². The van der Waals surface area contributed by atoms with E-state index in [0.29, 0.717) is 52.9 Å². The number of tetrazole rings is 1. The number of nitrogens with zero attached hydrogens (tertiary/aromatic N) is 6. The highest BCUT2D eigenvalue weighted by Gasteiger charge is 2.33. The van der Waals surface area contributed by atoms with E-state index in [0.717, 1.165) is 24.0 Å². The number of carbonyl (C=O) groups is 3. The van der Waals surface area contributed by atoms with Crippen LogP contribution in [0.15, 0.2) is 67.1 Å². The number of nitrogens with one attached hydrogen (secondary N) is 3. The summed E-state index contributed by atoms with van der Waals surface area (Å²) in [6.07, 6.45) is 7.28. The summed E-state index contributed by atoms with van der Waals surface area (Å²) in [5.74, 6) is -0.445. The van der Waals surface area contributed by atoms with Gasteiger partial charge in [0.1, 0.15) is 12.4 Å². The Morgan fingerprint density at radius 3 is 2.71 bits per heavy atom. The van der Waals surface area contributed by atoms with Gasteiger partial charge < -0.3 is 25.4 Å². The fraction of sp³-hybridized carbons (Fsp3) is 0.303. The molecular weight excluding hydrogens is 638 g/mol. The van der Waals surface area contributed by atoms with E-state index < -0.39 is 18.2 Å². The van der Waals surface area contributed by atoms with Gasteiger partial charge in [-0.1, -0.05) is 37.4 Å². The molecule has 250 valence electrons. The number of pyridine rings is 1. The van der Waals surface area contributed by atoms with Gasteiger partial charge in [0.15, 0.2) is 0 Å². The van der Waals surface area contributed by atoms with Crippen LogP contribution in [0, 0.1) is 0 Å². The van der Waals surface area contributed by atoms with Gasteiger partial charge in [-0.15, -0.1) is 5.10 Å². The maximum absolute atomic E-state index is 13.4. The first-order valence-electron chi connectivity index (χ1n) is 15.4. The SMILES string of the molecule is CCCC[C@@H](Nc1cc(NC(=O)OC)ccc1-c1ccnc(CNC(=O)/C=C/c2cc(Cl)ccc2-n2cnnn2)c1)C(=O)N1CC(O)C1. The summed E-state index contributed by atoms with van der Waals surface area (Å²) >= 11 is 6.18. The predicted octanol–water partition coefficient (Wildman–Crippen LogP) is 4.06. The molecule has 14 nitrogen and oxygen atoms in total. The number of benzene rings is 2. The van der Waals surface area contributed by atoms with E-state index in [-0.39, 0.29) is 18.4 Å². The number of aliphatic hydroxyl groups is 1. The first kappa shape index (κ1) is 34.0. The number of hydrogen-bond donors (Lipinski definition) is 4. The first-order valence-corrected chi connectivity index (χ1v) is 15.8. The van der Waals surface area contributed by atoms with Crippen molar-refractivity contribution in [2.75, 3.05) is 30.8 Å². The smallest absolute Gasteiger partial charge is 0.411 e. The van der Waals surface area contributed by atoms with Gasteiger partial charge in [-0.2, -0.15) is 4.68 Å². The molecule has 3 amide bonds. The lowest BCUT2D eigenvalue weighted by Gasteiger charge is -2.38. The molecule has 0 aliphatic carbocycles. The summed E-state index contributed by atoms with van der Waals surface area (Å²) in [7, 11) is 1.28. The number of likely N-dealkylation sites (tertiary alicyclic amines) is 1. The number of rotatable bonds is 13. The number of amides is 3. The Morgan fingerprint density at radius 1 is 1.15 bits per heavy atom. The molecule has 5 rings (SSSR count). The summed E-state index contributed by atoms with van der Waals surface area (Å²) in [5.41, 5.74) is 4.53. The molecule has 0 radical (unpaired) electrons. The van der Waals surface area contributed by atoms with Crippen molar-refractivity contribution in [2.45, 2.75) is 44.9 Å². The Balaban J connectivity index is 1.34. The molecule has 0 bridgehead atoms. The van der Waals surface area contributed by atoms with Crippen molar-refractivity contribution >= 4 is 47.0 Å². The van der Waals surface area contributed by atoms with E-state index in [9.17, 15) is 19.5 Å². The normalized spacial score (nSPS) is 13.5.